The first-order valence-corrected chi connectivity index (χ1v) is 12.0. The van der Waals surface area contributed by atoms with Crippen molar-refractivity contribution in [2.24, 2.45) is 5.92 Å². The number of hydrogen-bond acceptors (Lipinski definition) is 4. The molecule has 0 spiro atoms. The number of nitrogens with one attached hydrogen (secondary N) is 2. The molecule has 2 aliphatic heterocycles. The second kappa shape index (κ2) is 8.57. The average molecular weight is 488 g/mol. The van der Waals surface area contributed by atoms with Gasteiger partial charge in [-0.05, 0) is 75.3 Å². The molecule has 7 heteroatoms. The van der Waals surface area contributed by atoms with Gasteiger partial charge in [0.25, 0.3) is 0 Å². The Kier molecular flexibility index (Phi) is 5.68. The smallest absolute Gasteiger partial charge is 0.236 e. The summed E-state index contributed by atoms with van der Waals surface area (Å²) in [5.74, 6) is 0.470. The van der Waals surface area contributed by atoms with Crippen LogP contribution in [0.5, 0.6) is 11.5 Å². The maximum absolute atomic E-state index is 14.0. The largest absolute Gasteiger partial charge is 0.493 e. The van der Waals surface area contributed by atoms with E-state index >= 15 is 0 Å². The Labute approximate surface area is 211 Å². The first-order valence-electron chi connectivity index (χ1n) is 11.6. The summed E-state index contributed by atoms with van der Waals surface area (Å²) < 4.78 is 12.3. The molecule has 1 fully saturated rings. The summed E-state index contributed by atoms with van der Waals surface area (Å²) in [6, 6.07) is 19.4. The molecule has 0 aromatic heterocycles. The summed E-state index contributed by atoms with van der Waals surface area (Å²) in [6.45, 7) is 7.99. The molecule has 3 aromatic carbocycles. The molecule has 3 aromatic rings. The lowest BCUT2D eigenvalue weighted by atomic mass is 9.78. The number of amides is 1. The molecule has 1 saturated heterocycles. The van der Waals surface area contributed by atoms with E-state index in [0.29, 0.717) is 16.6 Å². The Balaban J connectivity index is 1.65. The van der Waals surface area contributed by atoms with Gasteiger partial charge in [0.2, 0.25) is 5.91 Å². The van der Waals surface area contributed by atoms with Crippen molar-refractivity contribution in [1.82, 2.24) is 5.32 Å². The van der Waals surface area contributed by atoms with E-state index in [0.717, 1.165) is 33.6 Å². The first-order chi connectivity index (χ1) is 16.7. The van der Waals surface area contributed by atoms with E-state index in [1.165, 1.54) is 0 Å². The molecule has 0 radical (unpaired) electrons. The van der Waals surface area contributed by atoms with E-state index in [1.807, 2.05) is 87.2 Å². The number of benzene rings is 3. The van der Waals surface area contributed by atoms with Gasteiger partial charge in [-0.1, -0.05) is 42.0 Å². The van der Waals surface area contributed by atoms with Crippen LogP contribution in [0.1, 0.15) is 35.2 Å². The van der Waals surface area contributed by atoms with Gasteiger partial charge in [0, 0.05) is 16.9 Å². The maximum atomic E-state index is 14.0. The molecular formula is C28H29N3O3S. The molecule has 0 unspecified atom stereocenters. The van der Waals surface area contributed by atoms with E-state index in [-0.39, 0.29) is 5.91 Å². The number of ether oxygens (including phenoxy) is 2. The number of carbonyl (C=O) groups excluding carboxylic acids is 1. The molecule has 2 aliphatic rings. The van der Waals surface area contributed by atoms with Gasteiger partial charge < -0.3 is 20.1 Å². The van der Waals surface area contributed by atoms with Crippen LogP contribution in [0.3, 0.4) is 0 Å². The number of carbonyl (C=O) groups is 1. The van der Waals surface area contributed by atoms with Crippen LogP contribution in [-0.4, -0.2) is 23.9 Å². The molecule has 0 saturated carbocycles. The molecule has 2 heterocycles. The van der Waals surface area contributed by atoms with Crippen LogP contribution in [0.4, 0.5) is 11.4 Å². The Morgan fingerprint density at radius 2 is 1.83 bits per heavy atom. The fourth-order valence-corrected chi connectivity index (χ4v) is 5.66. The summed E-state index contributed by atoms with van der Waals surface area (Å²) in [5, 5.41) is 7.12. The third kappa shape index (κ3) is 3.80. The monoisotopic (exact) mass is 487 g/mol. The van der Waals surface area contributed by atoms with E-state index in [1.54, 1.807) is 7.11 Å². The van der Waals surface area contributed by atoms with E-state index in [9.17, 15) is 4.79 Å². The fraction of sp³-hybridized carbons (Fsp3) is 0.286. The van der Waals surface area contributed by atoms with Crippen molar-refractivity contribution in [2.45, 2.75) is 39.5 Å². The zero-order valence-electron chi connectivity index (χ0n) is 20.5. The highest BCUT2D eigenvalue weighted by Crippen LogP contribution is 2.52. The topological polar surface area (TPSA) is 62.8 Å². The third-order valence-corrected chi connectivity index (χ3v) is 7.19. The summed E-state index contributed by atoms with van der Waals surface area (Å²) >= 11 is 5.85. The van der Waals surface area contributed by atoms with Gasteiger partial charge in [-0.25, -0.2) is 0 Å². The van der Waals surface area contributed by atoms with Gasteiger partial charge in [0.1, 0.15) is 5.92 Å². The molecule has 6 nitrogen and oxygen atoms in total. The molecule has 5 rings (SSSR count). The van der Waals surface area contributed by atoms with Crippen molar-refractivity contribution >= 4 is 34.6 Å². The van der Waals surface area contributed by atoms with Gasteiger partial charge in [0.15, 0.2) is 22.3 Å². The maximum Gasteiger partial charge on any atom is 0.236 e. The molecule has 35 heavy (non-hydrogen) atoms. The lowest BCUT2D eigenvalue weighted by Gasteiger charge is -2.56. The normalized spacial score (nSPS) is 22.5. The number of thiocarbonyl (C=S) groups is 1. The van der Waals surface area contributed by atoms with Gasteiger partial charge >= 0.3 is 0 Å². The van der Waals surface area contributed by atoms with E-state index in [4.69, 9.17) is 21.7 Å². The SMILES string of the molecule is COc1cccc2c1O[C@@]1(C)[C@@H](C(=O)Nc3ccc(C)cc3C)[C@@H]2NC(=S)N1c1cccc(C)c1. The quantitative estimate of drug-likeness (QED) is 0.479. The van der Waals surface area contributed by atoms with Crippen molar-refractivity contribution in [3.63, 3.8) is 0 Å². The molecule has 1 amide bonds. The number of fused-ring (bicyclic) bond motifs is 4. The number of para-hydroxylation sites is 1. The number of hydrogen-bond donors (Lipinski definition) is 2. The van der Waals surface area contributed by atoms with Crippen molar-refractivity contribution in [2.75, 3.05) is 17.3 Å². The number of anilines is 2. The Hall–Kier alpha value is -3.58. The predicted molar refractivity (Wildman–Crippen MR) is 142 cm³/mol. The summed E-state index contributed by atoms with van der Waals surface area (Å²) in [4.78, 5) is 15.9. The summed E-state index contributed by atoms with van der Waals surface area (Å²) in [6.07, 6.45) is 0. The first kappa shape index (κ1) is 23.2. The standard InChI is InChI=1S/C28H29N3O3S/c1-16-8-6-9-19(15-16)31-27(35)30-24-20-10-7-11-22(33-5)25(20)34-28(31,4)23(24)26(32)29-21-13-12-17(2)14-18(21)3/h6-15,23-24H,1-5H3,(H,29,32)(H,30,35)/t23-,24-,28+/m1/s1. The summed E-state index contributed by atoms with van der Waals surface area (Å²) in [7, 11) is 1.62. The number of nitrogens with zero attached hydrogens (tertiary/aromatic N) is 1. The highest BCUT2D eigenvalue weighted by atomic mass is 32.1. The summed E-state index contributed by atoms with van der Waals surface area (Å²) in [5.41, 5.74) is 4.60. The van der Waals surface area contributed by atoms with Gasteiger partial charge in [-0.3, -0.25) is 9.69 Å². The van der Waals surface area contributed by atoms with Crippen molar-refractivity contribution in [3.8, 4) is 11.5 Å². The van der Waals surface area contributed by atoms with Crippen LogP contribution in [0.25, 0.3) is 0 Å². The third-order valence-electron chi connectivity index (χ3n) is 6.89. The minimum absolute atomic E-state index is 0.148. The second-order valence-corrected chi connectivity index (χ2v) is 9.81. The second-order valence-electron chi connectivity index (χ2n) is 9.42. The van der Waals surface area contributed by atoms with Crippen molar-refractivity contribution in [3.05, 3.63) is 82.9 Å². The van der Waals surface area contributed by atoms with Gasteiger partial charge in [-0.2, -0.15) is 0 Å². The van der Waals surface area contributed by atoms with E-state index < -0.39 is 17.7 Å². The molecule has 2 bridgehead atoms. The molecule has 3 atom stereocenters. The van der Waals surface area contributed by atoms with Gasteiger partial charge in [-0.15, -0.1) is 0 Å². The van der Waals surface area contributed by atoms with Crippen LogP contribution < -0.4 is 25.0 Å². The zero-order valence-corrected chi connectivity index (χ0v) is 21.3. The van der Waals surface area contributed by atoms with Crippen LogP contribution in [0.15, 0.2) is 60.7 Å². The molecule has 2 N–H and O–H groups in total. The zero-order chi connectivity index (χ0) is 24.9. The van der Waals surface area contributed by atoms with Crippen molar-refractivity contribution in [1.29, 1.82) is 0 Å². The molecule has 180 valence electrons. The lowest BCUT2D eigenvalue weighted by Crippen LogP contribution is -2.72. The van der Waals surface area contributed by atoms with Crippen LogP contribution in [-0.2, 0) is 4.79 Å². The highest BCUT2D eigenvalue weighted by Gasteiger charge is 2.59. The number of methoxy groups -OCH3 is 1. The Morgan fingerprint density at radius 1 is 1.09 bits per heavy atom. The predicted octanol–water partition coefficient (Wildman–Crippen LogP) is 5.42. The van der Waals surface area contributed by atoms with Crippen LogP contribution in [0.2, 0.25) is 0 Å². The van der Waals surface area contributed by atoms with Crippen LogP contribution >= 0.6 is 12.2 Å². The minimum atomic E-state index is -1.11. The van der Waals surface area contributed by atoms with Crippen molar-refractivity contribution < 1.29 is 14.3 Å². The fourth-order valence-electron chi connectivity index (χ4n) is 5.25. The highest BCUT2D eigenvalue weighted by molar-refractivity contribution is 7.80. The molecular weight excluding hydrogens is 458 g/mol. The van der Waals surface area contributed by atoms with E-state index in [2.05, 4.69) is 16.7 Å². The lowest BCUT2D eigenvalue weighted by molar-refractivity contribution is -0.130. The van der Waals surface area contributed by atoms with Gasteiger partial charge in [0.05, 0.1) is 13.2 Å². The average Bonchev–Trinajstić information content (AvgIpc) is 2.80. The number of rotatable bonds is 4. The Morgan fingerprint density at radius 3 is 2.54 bits per heavy atom. The minimum Gasteiger partial charge on any atom is -0.493 e. The van der Waals surface area contributed by atoms with Crippen LogP contribution in [0, 0.1) is 26.7 Å². The number of aryl methyl sites for hydroxylation is 3. The Bertz CT molecular complexity index is 1340. The molecule has 0 aliphatic carbocycles.